The number of rotatable bonds is 5. The Kier molecular flexibility index (Phi) is 4.65. The lowest BCUT2D eigenvalue weighted by Crippen LogP contribution is -2.30. The number of ether oxygens (including phenoxy) is 1. The predicted octanol–water partition coefficient (Wildman–Crippen LogP) is 3.40. The zero-order valence-corrected chi connectivity index (χ0v) is 16.6. The summed E-state index contributed by atoms with van der Waals surface area (Å²) in [5.74, 6) is 0. The molecule has 5 rings (SSSR count). The number of benzene rings is 1. The average molecular weight is 405 g/mol. The average Bonchev–Trinajstić information content (AvgIpc) is 3.12. The van der Waals surface area contributed by atoms with E-state index >= 15 is 0 Å². The highest BCUT2D eigenvalue weighted by molar-refractivity contribution is 7.99. The summed E-state index contributed by atoms with van der Waals surface area (Å²) in [5, 5.41) is 5.69. The number of nitrogens with zero attached hydrogens (tertiary/aromatic N) is 5. The summed E-state index contributed by atoms with van der Waals surface area (Å²) in [7, 11) is 0. The van der Waals surface area contributed by atoms with Crippen molar-refractivity contribution >= 4 is 22.8 Å². The first-order valence-electron chi connectivity index (χ1n) is 9.43. The van der Waals surface area contributed by atoms with E-state index in [1.165, 1.54) is 11.8 Å². The summed E-state index contributed by atoms with van der Waals surface area (Å²) in [6.07, 6.45) is 3.56. The zero-order chi connectivity index (χ0) is 19.8. The molecule has 1 aromatic carbocycles. The van der Waals surface area contributed by atoms with Crippen molar-refractivity contribution in [3.05, 3.63) is 77.0 Å². The summed E-state index contributed by atoms with van der Waals surface area (Å²) < 4.78 is 8.72. The van der Waals surface area contributed by atoms with E-state index in [4.69, 9.17) is 9.72 Å². The molecule has 146 valence electrons. The van der Waals surface area contributed by atoms with Gasteiger partial charge in [0.15, 0.2) is 10.8 Å². The number of aromatic nitrogens is 5. The van der Waals surface area contributed by atoms with Gasteiger partial charge in [0.1, 0.15) is 5.39 Å². The normalized spacial score (nSPS) is 15.3. The lowest BCUT2D eigenvalue weighted by Gasteiger charge is -2.25. The molecule has 1 aliphatic heterocycles. The van der Waals surface area contributed by atoms with Crippen LogP contribution in [-0.4, -0.2) is 37.5 Å². The molecule has 3 aromatic heterocycles. The van der Waals surface area contributed by atoms with Crippen molar-refractivity contribution in [2.24, 2.45) is 0 Å². The van der Waals surface area contributed by atoms with Crippen LogP contribution in [0, 0.1) is 0 Å². The molecule has 0 spiro atoms. The van der Waals surface area contributed by atoms with Gasteiger partial charge in [-0.2, -0.15) is 5.10 Å². The van der Waals surface area contributed by atoms with Crippen LogP contribution in [0.3, 0.4) is 0 Å². The van der Waals surface area contributed by atoms with Crippen molar-refractivity contribution in [1.82, 2.24) is 24.3 Å². The monoisotopic (exact) mass is 405 g/mol. The van der Waals surface area contributed by atoms with Crippen LogP contribution in [-0.2, 0) is 4.74 Å². The molecule has 0 amide bonds. The summed E-state index contributed by atoms with van der Waals surface area (Å²) >= 11 is 1.50. The molecule has 1 atom stereocenters. The lowest BCUT2D eigenvalue weighted by molar-refractivity contribution is -0.0283. The molecule has 1 fully saturated rings. The van der Waals surface area contributed by atoms with Crippen LogP contribution in [0.2, 0.25) is 0 Å². The van der Waals surface area contributed by atoms with E-state index in [1.807, 2.05) is 48.5 Å². The molecule has 4 aromatic rings. The van der Waals surface area contributed by atoms with E-state index in [0.717, 1.165) is 11.4 Å². The van der Waals surface area contributed by atoms with Gasteiger partial charge in [0.25, 0.3) is 5.56 Å². The molecule has 29 heavy (non-hydrogen) atoms. The third kappa shape index (κ3) is 3.34. The predicted molar refractivity (Wildman–Crippen MR) is 111 cm³/mol. The van der Waals surface area contributed by atoms with Gasteiger partial charge in [-0.3, -0.25) is 19.0 Å². The SMILES string of the molecule is CC(Sc1nc2nn(C3COC3)cc2c(=O)n1-c1ccccc1)c1ccccn1. The van der Waals surface area contributed by atoms with Gasteiger partial charge >= 0.3 is 0 Å². The Morgan fingerprint density at radius 3 is 2.62 bits per heavy atom. The van der Waals surface area contributed by atoms with Crippen LogP contribution in [0.4, 0.5) is 0 Å². The fraction of sp³-hybridized carbons (Fsp3) is 0.238. The molecule has 1 aliphatic rings. The van der Waals surface area contributed by atoms with Gasteiger partial charge in [-0.1, -0.05) is 36.0 Å². The Morgan fingerprint density at radius 1 is 1.14 bits per heavy atom. The molecule has 7 nitrogen and oxygen atoms in total. The minimum atomic E-state index is -0.122. The Bertz CT molecular complexity index is 1200. The molecule has 8 heteroatoms. The quantitative estimate of drug-likeness (QED) is 0.374. The van der Waals surface area contributed by atoms with Crippen LogP contribution in [0.25, 0.3) is 16.7 Å². The maximum absolute atomic E-state index is 13.4. The standard InChI is InChI=1S/C21H19N5O2S/c1-14(18-9-5-6-10-22-18)29-21-23-19-17(11-25(24-19)16-12-28-13-16)20(27)26(21)15-7-3-2-4-8-15/h2-11,14,16H,12-13H2,1H3. The van der Waals surface area contributed by atoms with Crippen LogP contribution in [0.15, 0.2) is 70.9 Å². The van der Waals surface area contributed by atoms with Gasteiger partial charge in [-0.05, 0) is 31.2 Å². The number of pyridine rings is 1. The van der Waals surface area contributed by atoms with Gasteiger partial charge in [0, 0.05) is 12.4 Å². The summed E-state index contributed by atoms with van der Waals surface area (Å²) in [6.45, 7) is 3.28. The second kappa shape index (κ2) is 7.46. The number of fused-ring (bicyclic) bond motifs is 1. The number of hydrogen-bond donors (Lipinski definition) is 0. The first kappa shape index (κ1) is 18.1. The van der Waals surface area contributed by atoms with E-state index in [2.05, 4.69) is 17.0 Å². The highest BCUT2D eigenvalue weighted by Crippen LogP contribution is 2.33. The Labute approximate surface area is 171 Å². The summed E-state index contributed by atoms with van der Waals surface area (Å²) in [6, 6.07) is 15.6. The molecule has 0 N–H and O–H groups in total. The molecular weight excluding hydrogens is 386 g/mol. The van der Waals surface area contributed by atoms with Gasteiger partial charge in [-0.25, -0.2) is 4.98 Å². The smallest absolute Gasteiger partial charge is 0.269 e. The van der Waals surface area contributed by atoms with Gasteiger partial charge in [-0.15, -0.1) is 0 Å². The van der Waals surface area contributed by atoms with Crippen molar-refractivity contribution in [2.45, 2.75) is 23.4 Å². The topological polar surface area (TPSA) is 74.8 Å². The van der Waals surface area contributed by atoms with Crippen molar-refractivity contribution < 1.29 is 4.74 Å². The van der Waals surface area contributed by atoms with Gasteiger partial charge in [0.05, 0.1) is 35.9 Å². The maximum Gasteiger partial charge on any atom is 0.269 e. The van der Waals surface area contributed by atoms with E-state index in [-0.39, 0.29) is 16.9 Å². The third-order valence-electron chi connectivity index (χ3n) is 4.93. The Balaban J connectivity index is 1.65. The number of para-hydroxylation sites is 1. The van der Waals surface area contributed by atoms with Crippen LogP contribution in [0.5, 0.6) is 0 Å². The lowest BCUT2D eigenvalue weighted by atomic mass is 10.3. The van der Waals surface area contributed by atoms with Gasteiger partial charge < -0.3 is 4.74 Å². The number of thioether (sulfide) groups is 1. The second-order valence-corrected chi connectivity index (χ2v) is 8.23. The minimum Gasteiger partial charge on any atom is -0.377 e. The molecule has 0 bridgehead atoms. The Hall–Kier alpha value is -2.97. The molecule has 0 saturated carbocycles. The van der Waals surface area contributed by atoms with Gasteiger partial charge in [0.2, 0.25) is 0 Å². The number of hydrogen-bond acceptors (Lipinski definition) is 6. The summed E-state index contributed by atoms with van der Waals surface area (Å²) in [5.41, 5.74) is 2.05. The molecule has 0 radical (unpaired) electrons. The van der Waals surface area contributed by atoms with Crippen LogP contribution < -0.4 is 5.56 Å². The van der Waals surface area contributed by atoms with E-state index in [0.29, 0.717) is 29.4 Å². The molecule has 1 saturated heterocycles. The zero-order valence-electron chi connectivity index (χ0n) is 15.8. The van der Waals surface area contributed by atoms with Crippen LogP contribution in [0.1, 0.15) is 23.9 Å². The first-order chi connectivity index (χ1) is 14.2. The summed E-state index contributed by atoms with van der Waals surface area (Å²) in [4.78, 5) is 22.6. The fourth-order valence-electron chi connectivity index (χ4n) is 3.25. The van der Waals surface area contributed by atoms with E-state index in [9.17, 15) is 4.79 Å². The molecule has 4 heterocycles. The molecule has 0 aliphatic carbocycles. The Morgan fingerprint density at radius 2 is 1.93 bits per heavy atom. The maximum atomic E-state index is 13.4. The van der Waals surface area contributed by atoms with Crippen molar-refractivity contribution in [3.63, 3.8) is 0 Å². The largest absolute Gasteiger partial charge is 0.377 e. The first-order valence-corrected chi connectivity index (χ1v) is 10.3. The highest BCUT2D eigenvalue weighted by Gasteiger charge is 2.24. The van der Waals surface area contributed by atoms with Crippen molar-refractivity contribution in [3.8, 4) is 5.69 Å². The highest BCUT2D eigenvalue weighted by atomic mass is 32.2. The van der Waals surface area contributed by atoms with Crippen LogP contribution >= 0.6 is 11.8 Å². The third-order valence-corrected chi connectivity index (χ3v) is 6.01. The second-order valence-electron chi connectivity index (χ2n) is 6.92. The molecular formula is C21H19N5O2S. The minimum absolute atomic E-state index is 0.0256. The molecule has 1 unspecified atom stereocenters. The van der Waals surface area contributed by atoms with Crippen molar-refractivity contribution in [1.29, 1.82) is 0 Å². The van der Waals surface area contributed by atoms with E-state index in [1.54, 1.807) is 21.6 Å². The van der Waals surface area contributed by atoms with Crippen molar-refractivity contribution in [2.75, 3.05) is 13.2 Å². The fourth-order valence-corrected chi connectivity index (χ4v) is 4.25. The van der Waals surface area contributed by atoms with E-state index < -0.39 is 0 Å².